The van der Waals surface area contributed by atoms with E-state index in [0.29, 0.717) is 0 Å². The molecule has 1 aromatic carbocycles. The number of aromatic nitrogens is 2. The van der Waals surface area contributed by atoms with Gasteiger partial charge in [-0.25, -0.2) is 14.4 Å². The molecule has 0 fully saturated rings. The van der Waals surface area contributed by atoms with Crippen LogP contribution in [0.1, 0.15) is 10.4 Å². The number of rotatable bonds is 2. The first-order chi connectivity index (χ1) is 8.97. The maximum Gasteiger partial charge on any atom is 0.258 e. The summed E-state index contributed by atoms with van der Waals surface area (Å²) >= 11 is 8.76. The number of benzene rings is 1. The number of anilines is 2. The van der Waals surface area contributed by atoms with Crippen LogP contribution in [0.5, 0.6) is 0 Å². The van der Waals surface area contributed by atoms with Crippen molar-refractivity contribution >= 4 is 44.9 Å². The van der Waals surface area contributed by atoms with Crippen LogP contribution in [0.2, 0.25) is 5.15 Å². The van der Waals surface area contributed by atoms with E-state index in [2.05, 4.69) is 31.2 Å². The summed E-state index contributed by atoms with van der Waals surface area (Å²) in [5.41, 5.74) is 5.49. The van der Waals surface area contributed by atoms with Gasteiger partial charge in [-0.3, -0.25) is 4.79 Å². The average molecular weight is 346 g/mol. The van der Waals surface area contributed by atoms with Gasteiger partial charge in [-0.05, 0) is 28.1 Å². The van der Waals surface area contributed by atoms with Crippen LogP contribution in [0.25, 0.3) is 0 Å². The monoisotopic (exact) mass is 344 g/mol. The lowest BCUT2D eigenvalue weighted by atomic mass is 10.2. The summed E-state index contributed by atoms with van der Waals surface area (Å²) < 4.78 is 13.5. The quantitative estimate of drug-likeness (QED) is 0.648. The largest absolute Gasteiger partial charge is 0.396 e. The van der Waals surface area contributed by atoms with E-state index >= 15 is 0 Å². The number of nitrogens with zero attached hydrogens (tertiary/aromatic N) is 2. The fraction of sp³-hybridized carbons (Fsp3) is 0. The van der Waals surface area contributed by atoms with Gasteiger partial charge in [0.2, 0.25) is 0 Å². The summed E-state index contributed by atoms with van der Waals surface area (Å²) in [6.45, 7) is 0. The lowest BCUT2D eigenvalue weighted by Gasteiger charge is -2.07. The molecule has 1 amide bonds. The van der Waals surface area contributed by atoms with Crippen LogP contribution in [0.4, 0.5) is 15.9 Å². The third-order valence-electron chi connectivity index (χ3n) is 2.21. The number of hydrogen-bond acceptors (Lipinski definition) is 4. The van der Waals surface area contributed by atoms with Gasteiger partial charge in [0, 0.05) is 10.5 Å². The molecule has 0 unspecified atom stereocenters. The Hall–Kier alpha value is -1.73. The van der Waals surface area contributed by atoms with E-state index in [-0.39, 0.29) is 26.7 Å². The lowest BCUT2D eigenvalue weighted by molar-refractivity contribution is 0.102. The van der Waals surface area contributed by atoms with E-state index in [1.165, 1.54) is 18.5 Å². The number of halogens is 3. The van der Waals surface area contributed by atoms with Crippen molar-refractivity contribution in [1.82, 2.24) is 9.97 Å². The smallest absolute Gasteiger partial charge is 0.258 e. The maximum absolute atomic E-state index is 13.2. The van der Waals surface area contributed by atoms with Crippen LogP contribution in [-0.4, -0.2) is 15.9 Å². The first kappa shape index (κ1) is 13.7. The first-order valence-electron chi connectivity index (χ1n) is 5.01. The normalized spacial score (nSPS) is 10.3. The topological polar surface area (TPSA) is 80.9 Å². The van der Waals surface area contributed by atoms with Gasteiger partial charge in [-0.1, -0.05) is 11.6 Å². The molecule has 2 rings (SSSR count). The Labute approximate surface area is 121 Å². The number of carbonyl (C=O) groups excluding carboxylic acids is 1. The number of carbonyl (C=O) groups is 1. The van der Waals surface area contributed by atoms with E-state index in [0.717, 1.165) is 6.07 Å². The van der Waals surface area contributed by atoms with Crippen molar-refractivity contribution in [2.75, 3.05) is 11.1 Å². The number of nitrogens with two attached hydrogens (primary N) is 1. The van der Waals surface area contributed by atoms with Crippen LogP contribution < -0.4 is 11.1 Å². The summed E-state index contributed by atoms with van der Waals surface area (Å²) in [7, 11) is 0. The second-order valence-electron chi connectivity index (χ2n) is 3.53. The molecule has 0 saturated heterocycles. The van der Waals surface area contributed by atoms with Crippen molar-refractivity contribution in [1.29, 1.82) is 0 Å². The van der Waals surface area contributed by atoms with Crippen LogP contribution in [0, 0.1) is 5.82 Å². The molecule has 0 aliphatic heterocycles. The number of hydrogen-bond donors (Lipinski definition) is 2. The van der Waals surface area contributed by atoms with Crippen molar-refractivity contribution in [2.45, 2.75) is 0 Å². The Morgan fingerprint density at radius 1 is 1.37 bits per heavy atom. The number of amides is 1. The highest BCUT2D eigenvalue weighted by Gasteiger charge is 2.14. The van der Waals surface area contributed by atoms with Crippen LogP contribution in [-0.2, 0) is 0 Å². The molecule has 3 N–H and O–H groups in total. The maximum atomic E-state index is 13.2. The van der Waals surface area contributed by atoms with Gasteiger partial charge in [0.25, 0.3) is 5.91 Å². The lowest BCUT2D eigenvalue weighted by Crippen LogP contribution is -2.14. The molecule has 0 aliphatic carbocycles. The zero-order chi connectivity index (χ0) is 14.0. The Morgan fingerprint density at radius 3 is 2.79 bits per heavy atom. The van der Waals surface area contributed by atoms with Gasteiger partial charge < -0.3 is 11.1 Å². The van der Waals surface area contributed by atoms with Crippen molar-refractivity contribution in [2.24, 2.45) is 0 Å². The summed E-state index contributed by atoms with van der Waals surface area (Å²) in [6.07, 6.45) is 1.21. The minimum atomic E-state index is -0.603. The molecule has 1 heterocycles. The summed E-state index contributed by atoms with van der Waals surface area (Å²) in [5, 5.41) is 2.70. The van der Waals surface area contributed by atoms with Crippen LogP contribution in [0.15, 0.2) is 29.0 Å². The van der Waals surface area contributed by atoms with E-state index in [9.17, 15) is 9.18 Å². The van der Waals surface area contributed by atoms with Crippen molar-refractivity contribution in [3.63, 3.8) is 0 Å². The fourth-order valence-corrected chi connectivity index (χ4v) is 1.97. The second kappa shape index (κ2) is 5.50. The average Bonchev–Trinajstić information content (AvgIpc) is 2.33. The van der Waals surface area contributed by atoms with E-state index in [4.69, 9.17) is 17.3 Å². The highest BCUT2D eigenvalue weighted by molar-refractivity contribution is 9.10. The molecule has 19 heavy (non-hydrogen) atoms. The molecule has 0 radical (unpaired) electrons. The van der Waals surface area contributed by atoms with Gasteiger partial charge in [-0.2, -0.15) is 0 Å². The summed E-state index contributed by atoms with van der Waals surface area (Å²) in [4.78, 5) is 19.5. The summed E-state index contributed by atoms with van der Waals surface area (Å²) in [6, 6.07) is 3.75. The molecule has 5 nitrogen and oxygen atoms in total. The SMILES string of the molecule is Nc1cc(C(=O)Nc2cc(Cl)ncn2)c(Br)cc1F. The molecular formula is C11H7BrClFN4O. The van der Waals surface area contributed by atoms with Gasteiger partial charge in [-0.15, -0.1) is 0 Å². The van der Waals surface area contributed by atoms with Crippen molar-refractivity contribution < 1.29 is 9.18 Å². The Bertz CT molecular complexity index is 653. The van der Waals surface area contributed by atoms with Crippen molar-refractivity contribution in [3.05, 3.63) is 45.5 Å². The molecule has 2 aromatic rings. The Morgan fingerprint density at radius 2 is 2.11 bits per heavy atom. The minimum Gasteiger partial charge on any atom is -0.396 e. The predicted octanol–water partition coefficient (Wildman–Crippen LogP) is 2.87. The van der Waals surface area contributed by atoms with Gasteiger partial charge >= 0.3 is 0 Å². The standard InChI is InChI=1S/C11H7BrClFN4O/c12-6-2-7(14)8(15)1-5(6)11(19)18-10-3-9(13)16-4-17-10/h1-4H,15H2,(H,16,17,18,19). The highest BCUT2D eigenvalue weighted by atomic mass is 79.9. The first-order valence-corrected chi connectivity index (χ1v) is 6.18. The highest BCUT2D eigenvalue weighted by Crippen LogP contribution is 2.23. The van der Waals surface area contributed by atoms with E-state index < -0.39 is 11.7 Å². The van der Waals surface area contributed by atoms with E-state index in [1.54, 1.807) is 0 Å². The molecular weight excluding hydrogens is 339 g/mol. The molecule has 0 saturated carbocycles. The Balaban J connectivity index is 2.28. The van der Waals surface area contributed by atoms with Crippen molar-refractivity contribution in [3.8, 4) is 0 Å². The molecule has 0 atom stereocenters. The van der Waals surface area contributed by atoms with Crippen LogP contribution >= 0.6 is 27.5 Å². The molecule has 0 spiro atoms. The van der Waals surface area contributed by atoms with E-state index in [1.807, 2.05) is 0 Å². The van der Waals surface area contributed by atoms with Gasteiger partial charge in [0.1, 0.15) is 23.1 Å². The third-order valence-corrected chi connectivity index (χ3v) is 3.07. The van der Waals surface area contributed by atoms with Gasteiger partial charge in [0.15, 0.2) is 0 Å². The predicted molar refractivity (Wildman–Crippen MR) is 73.5 cm³/mol. The summed E-state index contributed by atoms with van der Waals surface area (Å²) in [5.74, 6) is -0.860. The number of nitrogen functional groups attached to an aromatic ring is 1. The Kier molecular flexibility index (Phi) is 3.96. The minimum absolute atomic E-state index is 0.117. The zero-order valence-corrected chi connectivity index (χ0v) is 11.7. The second-order valence-corrected chi connectivity index (χ2v) is 4.78. The molecule has 0 aliphatic rings. The molecule has 0 bridgehead atoms. The number of nitrogens with one attached hydrogen (secondary N) is 1. The third kappa shape index (κ3) is 3.18. The van der Waals surface area contributed by atoms with Crippen LogP contribution in [0.3, 0.4) is 0 Å². The molecule has 98 valence electrons. The van der Waals surface area contributed by atoms with Gasteiger partial charge in [0.05, 0.1) is 11.3 Å². The zero-order valence-electron chi connectivity index (χ0n) is 9.32. The molecule has 8 heteroatoms. The fourth-order valence-electron chi connectivity index (χ4n) is 1.33. The molecule has 1 aromatic heterocycles.